The summed E-state index contributed by atoms with van der Waals surface area (Å²) in [6.45, 7) is 2.49. The van der Waals surface area contributed by atoms with E-state index >= 15 is 0 Å². The standard InChI is InChI=1S/C17H16BrN3OS/c1-12-8-13(18)5-6-15(12)23-11-17(22)19-9-14-10-21-7-3-2-4-16(21)20-14/h2-8,10H,9,11H2,1H3,(H,19,22). The third kappa shape index (κ3) is 4.14. The topological polar surface area (TPSA) is 46.4 Å². The lowest BCUT2D eigenvalue weighted by atomic mass is 10.2. The van der Waals surface area contributed by atoms with Gasteiger partial charge in [-0.2, -0.15) is 0 Å². The van der Waals surface area contributed by atoms with Crippen LogP contribution in [-0.2, 0) is 11.3 Å². The minimum atomic E-state index is 0.00868. The Hall–Kier alpha value is -1.79. The second-order valence-corrected chi connectivity index (χ2v) is 7.11. The van der Waals surface area contributed by atoms with Crippen LogP contribution in [0.25, 0.3) is 5.65 Å². The number of benzene rings is 1. The predicted molar refractivity (Wildman–Crippen MR) is 96.6 cm³/mol. The Morgan fingerprint density at radius 1 is 1.35 bits per heavy atom. The molecule has 0 spiro atoms. The largest absolute Gasteiger partial charge is 0.350 e. The van der Waals surface area contributed by atoms with Crippen molar-refractivity contribution < 1.29 is 4.79 Å². The van der Waals surface area contributed by atoms with E-state index in [1.54, 1.807) is 11.8 Å². The quantitative estimate of drug-likeness (QED) is 0.674. The van der Waals surface area contributed by atoms with E-state index < -0.39 is 0 Å². The summed E-state index contributed by atoms with van der Waals surface area (Å²) in [5, 5.41) is 2.92. The van der Waals surface area contributed by atoms with Crippen molar-refractivity contribution in [3.63, 3.8) is 0 Å². The van der Waals surface area contributed by atoms with Gasteiger partial charge in [-0.25, -0.2) is 4.98 Å². The molecule has 0 unspecified atom stereocenters. The number of thioether (sulfide) groups is 1. The highest BCUT2D eigenvalue weighted by molar-refractivity contribution is 9.10. The highest BCUT2D eigenvalue weighted by Crippen LogP contribution is 2.25. The first-order chi connectivity index (χ1) is 11.1. The van der Waals surface area contributed by atoms with E-state index in [0.717, 1.165) is 26.3 Å². The highest BCUT2D eigenvalue weighted by Gasteiger charge is 2.07. The molecule has 6 heteroatoms. The van der Waals surface area contributed by atoms with Crippen LogP contribution in [0.5, 0.6) is 0 Å². The van der Waals surface area contributed by atoms with Gasteiger partial charge in [-0.3, -0.25) is 4.79 Å². The molecule has 1 aromatic carbocycles. The van der Waals surface area contributed by atoms with Crippen LogP contribution in [0.1, 0.15) is 11.3 Å². The second-order valence-electron chi connectivity index (χ2n) is 5.17. The number of fused-ring (bicyclic) bond motifs is 1. The molecule has 0 saturated heterocycles. The van der Waals surface area contributed by atoms with Crippen molar-refractivity contribution in [3.8, 4) is 0 Å². The van der Waals surface area contributed by atoms with E-state index in [4.69, 9.17) is 0 Å². The van der Waals surface area contributed by atoms with Crippen LogP contribution < -0.4 is 5.32 Å². The molecule has 0 aliphatic carbocycles. The van der Waals surface area contributed by atoms with Crippen molar-refractivity contribution in [1.29, 1.82) is 0 Å². The zero-order chi connectivity index (χ0) is 16.2. The Bertz CT molecular complexity index is 814. The number of rotatable bonds is 5. The molecule has 0 saturated carbocycles. The summed E-state index contributed by atoms with van der Waals surface area (Å²) in [5.74, 6) is 0.407. The van der Waals surface area contributed by atoms with Crippen LogP contribution in [0, 0.1) is 6.92 Å². The van der Waals surface area contributed by atoms with Gasteiger partial charge in [-0.1, -0.05) is 22.0 Å². The molecule has 2 aromatic heterocycles. The van der Waals surface area contributed by atoms with Crippen molar-refractivity contribution in [2.75, 3.05) is 5.75 Å². The monoisotopic (exact) mass is 389 g/mol. The molecule has 4 nitrogen and oxygen atoms in total. The normalized spacial score (nSPS) is 10.9. The lowest BCUT2D eigenvalue weighted by Gasteiger charge is -2.06. The summed E-state index contributed by atoms with van der Waals surface area (Å²) < 4.78 is 3.00. The number of halogens is 1. The molecular formula is C17H16BrN3OS. The molecular weight excluding hydrogens is 374 g/mol. The maximum Gasteiger partial charge on any atom is 0.230 e. The number of imidazole rings is 1. The summed E-state index contributed by atoms with van der Waals surface area (Å²) in [7, 11) is 0. The van der Waals surface area contributed by atoms with Crippen LogP contribution in [-0.4, -0.2) is 21.0 Å². The Morgan fingerprint density at radius 2 is 2.22 bits per heavy atom. The molecule has 23 heavy (non-hydrogen) atoms. The number of aromatic nitrogens is 2. The van der Waals surface area contributed by atoms with Gasteiger partial charge in [-0.15, -0.1) is 11.8 Å². The van der Waals surface area contributed by atoms with Gasteiger partial charge in [0, 0.05) is 21.8 Å². The van der Waals surface area contributed by atoms with Crippen molar-refractivity contribution in [2.24, 2.45) is 0 Å². The average molecular weight is 390 g/mol. The minimum absolute atomic E-state index is 0.00868. The molecule has 0 aliphatic rings. The molecule has 0 atom stereocenters. The number of carbonyl (C=O) groups excluding carboxylic acids is 1. The highest BCUT2D eigenvalue weighted by atomic mass is 79.9. The molecule has 3 rings (SSSR count). The number of hydrogen-bond donors (Lipinski definition) is 1. The smallest absolute Gasteiger partial charge is 0.230 e. The van der Waals surface area contributed by atoms with Crippen molar-refractivity contribution in [1.82, 2.24) is 14.7 Å². The SMILES string of the molecule is Cc1cc(Br)ccc1SCC(=O)NCc1cn2ccccc2n1. The van der Waals surface area contributed by atoms with E-state index in [1.807, 2.05) is 54.0 Å². The van der Waals surface area contributed by atoms with Crippen LogP contribution in [0.4, 0.5) is 0 Å². The van der Waals surface area contributed by atoms with Gasteiger partial charge in [0.2, 0.25) is 5.91 Å². The Labute approximate surface area is 147 Å². The zero-order valence-electron chi connectivity index (χ0n) is 12.6. The van der Waals surface area contributed by atoms with Crippen LogP contribution in [0.2, 0.25) is 0 Å². The number of carbonyl (C=O) groups is 1. The number of aryl methyl sites for hydroxylation is 1. The van der Waals surface area contributed by atoms with Crippen LogP contribution in [0.15, 0.2) is 58.2 Å². The fourth-order valence-electron chi connectivity index (χ4n) is 2.23. The van der Waals surface area contributed by atoms with E-state index in [1.165, 1.54) is 0 Å². The summed E-state index contributed by atoms with van der Waals surface area (Å²) in [5.41, 5.74) is 2.91. The van der Waals surface area contributed by atoms with E-state index in [2.05, 4.69) is 32.3 Å². The van der Waals surface area contributed by atoms with Gasteiger partial charge in [-0.05, 0) is 42.8 Å². The summed E-state index contributed by atoms with van der Waals surface area (Å²) in [6, 6.07) is 11.9. The van der Waals surface area contributed by atoms with Gasteiger partial charge >= 0.3 is 0 Å². The summed E-state index contributed by atoms with van der Waals surface area (Å²) >= 11 is 4.99. The van der Waals surface area contributed by atoms with E-state index in [0.29, 0.717) is 12.3 Å². The number of nitrogens with zero attached hydrogens (tertiary/aromatic N) is 2. The van der Waals surface area contributed by atoms with E-state index in [9.17, 15) is 4.79 Å². The first kappa shape index (κ1) is 16.1. The van der Waals surface area contributed by atoms with Crippen molar-refractivity contribution in [2.45, 2.75) is 18.4 Å². The lowest BCUT2D eigenvalue weighted by molar-refractivity contribution is -0.118. The minimum Gasteiger partial charge on any atom is -0.350 e. The Morgan fingerprint density at radius 3 is 3.00 bits per heavy atom. The Kier molecular flexibility index (Phi) is 5.03. The first-order valence-corrected chi connectivity index (χ1v) is 8.98. The Balaban J connectivity index is 1.53. The number of nitrogens with one attached hydrogen (secondary N) is 1. The van der Waals surface area contributed by atoms with E-state index in [-0.39, 0.29) is 5.91 Å². The molecule has 0 radical (unpaired) electrons. The van der Waals surface area contributed by atoms with Gasteiger partial charge in [0.05, 0.1) is 18.0 Å². The fraction of sp³-hybridized carbons (Fsp3) is 0.176. The van der Waals surface area contributed by atoms with Crippen molar-refractivity contribution >= 4 is 39.2 Å². The third-order valence-corrected chi connectivity index (χ3v) is 5.05. The van der Waals surface area contributed by atoms with Gasteiger partial charge in [0.25, 0.3) is 0 Å². The molecule has 0 fully saturated rings. The predicted octanol–water partition coefficient (Wildman–Crippen LogP) is 3.81. The van der Waals surface area contributed by atoms with Crippen LogP contribution >= 0.6 is 27.7 Å². The number of amides is 1. The molecule has 0 aliphatic heterocycles. The molecule has 2 heterocycles. The van der Waals surface area contributed by atoms with Gasteiger partial charge in [0.1, 0.15) is 5.65 Å². The third-order valence-electron chi connectivity index (χ3n) is 3.38. The second kappa shape index (κ2) is 7.19. The van der Waals surface area contributed by atoms with Gasteiger partial charge in [0.15, 0.2) is 0 Å². The summed E-state index contributed by atoms with van der Waals surface area (Å²) in [6.07, 6.45) is 3.88. The van der Waals surface area contributed by atoms with Crippen molar-refractivity contribution in [3.05, 3.63) is 64.5 Å². The maximum atomic E-state index is 12.0. The molecule has 1 N–H and O–H groups in total. The molecule has 0 bridgehead atoms. The average Bonchev–Trinajstić information content (AvgIpc) is 2.95. The molecule has 3 aromatic rings. The zero-order valence-corrected chi connectivity index (χ0v) is 15.0. The van der Waals surface area contributed by atoms with Crippen LogP contribution in [0.3, 0.4) is 0 Å². The number of hydrogen-bond acceptors (Lipinski definition) is 3. The lowest BCUT2D eigenvalue weighted by Crippen LogP contribution is -2.24. The fourth-order valence-corrected chi connectivity index (χ4v) is 3.55. The van der Waals surface area contributed by atoms with Gasteiger partial charge < -0.3 is 9.72 Å². The molecule has 118 valence electrons. The maximum absolute atomic E-state index is 12.0. The first-order valence-electron chi connectivity index (χ1n) is 7.20. The molecule has 1 amide bonds. The number of pyridine rings is 1. The summed E-state index contributed by atoms with van der Waals surface area (Å²) in [4.78, 5) is 17.6.